The fourth-order valence-electron chi connectivity index (χ4n) is 5.53. The molecule has 4 bridgehead atoms. The monoisotopic (exact) mass is 248 g/mol. The highest BCUT2D eigenvalue weighted by molar-refractivity contribution is 5.78. The van der Waals surface area contributed by atoms with E-state index in [9.17, 15) is 4.79 Å². The lowest BCUT2D eigenvalue weighted by molar-refractivity contribution is -0.122. The second-order valence-electron chi connectivity index (χ2n) is 7.21. The topological polar surface area (TPSA) is 41.1 Å². The quantitative estimate of drug-likeness (QED) is 0.778. The fraction of sp³-hybridized carbons (Fsp3) is 0.933. The van der Waals surface area contributed by atoms with Crippen molar-refractivity contribution in [3.63, 3.8) is 0 Å². The molecular weight excluding hydrogens is 224 g/mol. The van der Waals surface area contributed by atoms with Gasteiger partial charge in [0.15, 0.2) is 0 Å². The summed E-state index contributed by atoms with van der Waals surface area (Å²) in [4.78, 5) is 11.2. The van der Waals surface area contributed by atoms with E-state index in [0.29, 0.717) is 12.6 Å². The van der Waals surface area contributed by atoms with Gasteiger partial charge in [0.25, 0.3) is 0 Å². The van der Waals surface area contributed by atoms with Crippen molar-refractivity contribution >= 4 is 5.91 Å². The highest BCUT2D eigenvalue weighted by Gasteiger charge is 2.48. The first kappa shape index (κ1) is 11.3. The molecule has 5 rings (SSSR count). The van der Waals surface area contributed by atoms with Crippen molar-refractivity contribution in [1.29, 1.82) is 0 Å². The first-order valence-electron chi connectivity index (χ1n) is 7.78. The number of carbonyl (C=O) groups excluding carboxylic acids is 1. The number of amides is 1. The summed E-state index contributed by atoms with van der Waals surface area (Å²) in [5.41, 5.74) is 0. The van der Waals surface area contributed by atoms with E-state index in [4.69, 9.17) is 0 Å². The molecule has 3 heteroatoms. The molecule has 4 aliphatic carbocycles. The van der Waals surface area contributed by atoms with Crippen LogP contribution in [0, 0.1) is 29.6 Å². The lowest BCUT2D eigenvalue weighted by Crippen LogP contribution is -2.54. The largest absolute Gasteiger partial charge is 0.353 e. The van der Waals surface area contributed by atoms with Crippen LogP contribution in [0.15, 0.2) is 0 Å². The van der Waals surface area contributed by atoms with E-state index >= 15 is 0 Å². The highest BCUT2D eigenvalue weighted by atomic mass is 16.2. The molecule has 18 heavy (non-hydrogen) atoms. The van der Waals surface area contributed by atoms with Crippen molar-refractivity contribution in [2.45, 2.75) is 44.6 Å². The van der Waals surface area contributed by atoms with Gasteiger partial charge in [0.05, 0.1) is 6.54 Å². The Morgan fingerprint density at radius 3 is 2.22 bits per heavy atom. The maximum absolute atomic E-state index is 11.2. The number of hydrogen-bond acceptors (Lipinski definition) is 2. The van der Waals surface area contributed by atoms with E-state index in [1.165, 1.54) is 38.5 Å². The average Bonchev–Trinajstić information content (AvgIpc) is 2.35. The minimum Gasteiger partial charge on any atom is -0.353 e. The van der Waals surface area contributed by atoms with Gasteiger partial charge in [-0.3, -0.25) is 4.79 Å². The summed E-state index contributed by atoms with van der Waals surface area (Å²) in [5.74, 6) is 5.29. The Morgan fingerprint density at radius 2 is 1.67 bits per heavy atom. The Bertz CT molecular complexity index is 316. The molecular formula is C15H24N2O. The first-order valence-corrected chi connectivity index (χ1v) is 7.78. The van der Waals surface area contributed by atoms with Crippen molar-refractivity contribution in [3.8, 4) is 0 Å². The zero-order valence-corrected chi connectivity index (χ0v) is 11.0. The summed E-state index contributed by atoms with van der Waals surface area (Å²) in [5, 5.41) is 6.42. The molecule has 5 aliphatic rings. The number of carbonyl (C=O) groups is 1. The van der Waals surface area contributed by atoms with Crippen molar-refractivity contribution in [2.75, 3.05) is 13.1 Å². The summed E-state index contributed by atoms with van der Waals surface area (Å²) in [7, 11) is 0. The Balaban J connectivity index is 1.41. The van der Waals surface area contributed by atoms with Gasteiger partial charge in [-0.1, -0.05) is 0 Å². The average molecular weight is 248 g/mol. The summed E-state index contributed by atoms with van der Waals surface area (Å²) in [6.45, 7) is 1.37. The Kier molecular flexibility index (Phi) is 2.65. The van der Waals surface area contributed by atoms with Gasteiger partial charge in [-0.15, -0.1) is 0 Å². The van der Waals surface area contributed by atoms with Gasteiger partial charge in [-0.2, -0.15) is 0 Å². The molecule has 0 aromatic carbocycles. The van der Waals surface area contributed by atoms with Crippen LogP contribution < -0.4 is 10.6 Å². The number of hydrogen-bond donors (Lipinski definition) is 2. The van der Waals surface area contributed by atoms with E-state index in [-0.39, 0.29) is 5.91 Å². The predicted molar refractivity (Wildman–Crippen MR) is 70.0 cm³/mol. The van der Waals surface area contributed by atoms with Crippen LogP contribution in [0.5, 0.6) is 0 Å². The minimum atomic E-state index is 0.163. The zero-order chi connectivity index (χ0) is 12.1. The second kappa shape index (κ2) is 4.22. The van der Waals surface area contributed by atoms with Crippen molar-refractivity contribution in [2.24, 2.45) is 29.6 Å². The third-order valence-electron chi connectivity index (χ3n) is 6.08. The van der Waals surface area contributed by atoms with E-state index in [0.717, 1.165) is 36.1 Å². The maximum Gasteiger partial charge on any atom is 0.234 e. The highest BCUT2D eigenvalue weighted by Crippen LogP contribution is 2.57. The summed E-state index contributed by atoms with van der Waals surface area (Å²) in [6, 6.07) is 0.533. The first-order chi connectivity index (χ1) is 8.78. The Morgan fingerprint density at radius 1 is 1.00 bits per heavy atom. The molecule has 1 atom stereocenters. The van der Waals surface area contributed by atoms with Crippen LogP contribution in [0.25, 0.3) is 0 Å². The summed E-state index contributed by atoms with van der Waals surface area (Å²) >= 11 is 0. The molecule has 0 radical (unpaired) electrons. The van der Waals surface area contributed by atoms with Crippen LogP contribution in [-0.4, -0.2) is 25.0 Å². The van der Waals surface area contributed by atoms with Crippen LogP contribution in [0.1, 0.15) is 38.5 Å². The lowest BCUT2D eigenvalue weighted by atomic mass is 9.51. The molecule has 1 aliphatic heterocycles. The van der Waals surface area contributed by atoms with Crippen molar-refractivity contribution < 1.29 is 4.79 Å². The van der Waals surface area contributed by atoms with Crippen LogP contribution in [0.3, 0.4) is 0 Å². The van der Waals surface area contributed by atoms with Crippen LogP contribution in [0.2, 0.25) is 0 Å². The zero-order valence-electron chi connectivity index (χ0n) is 11.0. The Hall–Kier alpha value is -0.570. The molecule has 1 amide bonds. The van der Waals surface area contributed by atoms with Crippen LogP contribution >= 0.6 is 0 Å². The maximum atomic E-state index is 11.2. The van der Waals surface area contributed by atoms with Gasteiger partial charge >= 0.3 is 0 Å². The molecule has 100 valence electrons. The smallest absolute Gasteiger partial charge is 0.234 e. The summed E-state index contributed by atoms with van der Waals surface area (Å²) in [6.07, 6.45) is 8.88. The molecule has 4 saturated carbocycles. The van der Waals surface area contributed by atoms with Crippen molar-refractivity contribution in [1.82, 2.24) is 10.6 Å². The normalized spacial score (nSPS) is 50.3. The molecule has 0 spiro atoms. The molecule has 0 aromatic heterocycles. The van der Waals surface area contributed by atoms with Gasteiger partial charge in [-0.05, 0) is 68.1 Å². The number of piperazine rings is 1. The second-order valence-corrected chi connectivity index (χ2v) is 7.21. The molecule has 1 unspecified atom stereocenters. The van der Waals surface area contributed by atoms with E-state index in [1.807, 2.05) is 0 Å². The SMILES string of the molecule is O=C1CNC(CC2C3CC4CC(C3)CC2C4)CN1. The van der Waals surface area contributed by atoms with Gasteiger partial charge < -0.3 is 10.6 Å². The van der Waals surface area contributed by atoms with Gasteiger partial charge in [0.2, 0.25) is 5.91 Å². The molecule has 1 heterocycles. The fourth-order valence-corrected chi connectivity index (χ4v) is 5.53. The predicted octanol–water partition coefficient (Wildman–Crippen LogP) is 1.54. The third-order valence-corrected chi connectivity index (χ3v) is 6.08. The van der Waals surface area contributed by atoms with Crippen LogP contribution in [-0.2, 0) is 4.79 Å². The number of nitrogens with one attached hydrogen (secondary N) is 2. The van der Waals surface area contributed by atoms with Gasteiger partial charge in [-0.25, -0.2) is 0 Å². The molecule has 1 saturated heterocycles. The Labute approximate surface area is 109 Å². The molecule has 3 nitrogen and oxygen atoms in total. The number of rotatable bonds is 2. The van der Waals surface area contributed by atoms with E-state index in [1.54, 1.807) is 0 Å². The van der Waals surface area contributed by atoms with Crippen molar-refractivity contribution in [3.05, 3.63) is 0 Å². The lowest BCUT2D eigenvalue weighted by Gasteiger charge is -2.55. The third kappa shape index (κ3) is 1.87. The van der Waals surface area contributed by atoms with Crippen LogP contribution in [0.4, 0.5) is 0 Å². The summed E-state index contributed by atoms with van der Waals surface area (Å²) < 4.78 is 0. The molecule has 0 aromatic rings. The van der Waals surface area contributed by atoms with Gasteiger partial charge in [0.1, 0.15) is 0 Å². The van der Waals surface area contributed by atoms with E-state index < -0.39 is 0 Å². The standard InChI is InChI=1S/C15H24N2O/c18-15-8-16-13(7-17-15)6-14-11-2-9-1-10(4-11)5-12(14)3-9/h9-14,16H,1-8H2,(H,17,18). The van der Waals surface area contributed by atoms with E-state index in [2.05, 4.69) is 10.6 Å². The van der Waals surface area contributed by atoms with Gasteiger partial charge in [0, 0.05) is 12.6 Å². The molecule has 5 fully saturated rings. The molecule has 2 N–H and O–H groups in total. The minimum absolute atomic E-state index is 0.163.